The van der Waals surface area contributed by atoms with Gasteiger partial charge in [0.15, 0.2) is 0 Å². The van der Waals surface area contributed by atoms with E-state index in [1.165, 1.54) is 0 Å². The van der Waals surface area contributed by atoms with Gasteiger partial charge in [-0.15, -0.1) is 0 Å². The summed E-state index contributed by atoms with van der Waals surface area (Å²) in [4.78, 5) is 10.7. The largest absolute Gasteiger partial charge is 0.478 e. The molecule has 0 aliphatic carbocycles. The molecule has 0 heterocycles. The van der Waals surface area contributed by atoms with Crippen molar-refractivity contribution in [3.8, 4) is 0 Å². The minimum absolute atomic E-state index is 0.0819. The second-order valence-corrected chi connectivity index (χ2v) is 3.98. The van der Waals surface area contributed by atoms with Gasteiger partial charge in [-0.1, -0.05) is 46.1 Å². The molecule has 3 nitrogen and oxygen atoms in total. The maximum absolute atomic E-state index is 10.7. The Hall–Kier alpha value is -0.830. The van der Waals surface area contributed by atoms with E-state index >= 15 is 0 Å². The smallest absolute Gasteiger partial charge is 0.333 e. The van der Waals surface area contributed by atoms with Gasteiger partial charge in [-0.25, -0.2) is 4.79 Å². The van der Waals surface area contributed by atoms with E-state index in [0.717, 1.165) is 25.7 Å². The van der Waals surface area contributed by atoms with Gasteiger partial charge in [0.05, 0.1) is 11.2 Å². The summed E-state index contributed by atoms with van der Waals surface area (Å²) < 4.78 is 0. The fourth-order valence-corrected chi connectivity index (χ4v) is 1.58. The quantitative estimate of drug-likeness (QED) is 0.482. The molecule has 0 saturated heterocycles. The average molecular weight is 214 g/mol. The van der Waals surface area contributed by atoms with Crippen molar-refractivity contribution in [3.05, 3.63) is 12.2 Å². The zero-order chi connectivity index (χ0) is 11.9. The molecule has 0 aromatic carbocycles. The molecule has 0 spiro atoms. The van der Waals surface area contributed by atoms with Crippen molar-refractivity contribution < 1.29 is 15.0 Å². The monoisotopic (exact) mass is 214 g/mol. The molecular weight excluding hydrogens is 192 g/mol. The Bertz CT molecular complexity index is 223. The summed E-state index contributed by atoms with van der Waals surface area (Å²) in [5.41, 5.74) is -1.30. The molecule has 15 heavy (non-hydrogen) atoms. The molecule has 1 unspecified atom stereocenters. The highest BCUT2D eigenvalue weighted by Crippen LogP contribution is 2.26. The van der Waals surface area contributed by atoms with Crippen LogP contribution in [0.25, 0.3) is 0 Å². The second-order valence-electron chi connectivity index (χ2n) is 3.98. The van der Waals surface area contributed by atoms with E-state index in [1.54, 1.807) is 6.92 Å². The third kappa shape index (κ3) is 4.47. The maximum Gasteiger partial charge on any atom is 0.333 e. The van der Waals surface area contributed by atoms with Crippen LogP contribution in [0.5, 0.6) is 0 Å². The Morgan fingerprint density at radius 2 is 1.87 bits per heavy atom. The first-order valence-electron chi connectivity index (χ1n) is 5.63. The molecule has 0 fully saturated rings. The molecule has 0 rings (SSSR count). The van der Waals surface area contributed by atoms with E-state index in [4.69, 9.17) is 5.11 Å². The zero-order valence-electron chi connectivity index (χ0n) is 9.75. The predicted octanol–water partition coefficient (Wildman–Crippen LogP) is 2.74. The number of hydrogen-bond donors (Lipinski definition) is 2. The first-order valence-corrected chi connectivity index (χ1v) is 5.63. The fraction of sp³-hybridized carbons (Fsp3) is 0.750. The Morgan fingerprint density at radius 3 is 2.27 bits per heavy atom. The van der Waals surface area contributed by atoms with Crippen molar-refractivity contribution in [2.45, 2.75) is 58.0 Å². The number of carboxylic acid groups (broad SMARTS) is 1. The van der Waals surface area contributed by atoms with Crippen molar-refractivity contribution in [2.24, 2.45) is 0 Å². The standard InChI is InChI=1S/C12H22O3/c1-4-6-7-8-9-12(15,5-2)10(3)11(13)14/h15H,3-9H2,1-2H3,(H,13,14). The summed E-state index contributed by atoms with van der Waals surface area (Å²) in [5.74, 6) is -1.10. The number of carbonyl (C=O) groups is 1. The van der Waals surface area contributed by atoms with Gasteiger partial charge >= 0.3 is 5.97 Å². The van der Waals surface area contributed by atoms with Crippen LogP contribution in [-0.2, 0) is 4.79 Å². The molecule has 0 radical (unpaired) electrons. The molecule has 0 aliphatic heterocycles. The van der Waals surface area contributed by atoms with Gasteiger partial charge in [0.2, 0.25) is 0 Å². The minimum Gasteiger partial charge on any atom is -0.478 e. The normalized spacial score (nSPS) is 14.6. The van der Waals surface area contributed by atoms with Gasteiger partial charge in [0.1, 0.15) is 0 Å². The molecule has 3 heteroatoms. The summed E-state index contributed by atoms with van der Waals surface area (Å²) in [5, 5.41) is 18.9. The van der Waals surface area contributed by atoms with Crippen molar-refractivity contribution in [3.63, 3.8) is 0 Å². The number of unbranched alkanes of at least 4 members (excludes halogenated alkanes) is 3. The van der Waals surface area contributed by atoms with Crippen LogP contribution in [0.2, 0.25) is 0 Å². The van der Waals surface area contributed by atoms with Crippen molar-refractivity contribution in [1.82, 2.24) is 0 Å². The number of rotatable bonds is 8. The molecule has 2 N–H and O–H groups in total. The molecule has 0 aromatic heterocycles. The van der Waals surface area contributed by atoms with E-state index in [1.807, 2.05) is 0 Å². The van der Waals surface area contributed by atoms with Crippen LogP contribution in [0, 0.1) is 0 Å². The third-order valence-electron chi connectivity index (χ3n) is 2.85. The first kappa shape index (κ1) is 14.2. The summed E-state index contributed by atoms with van der Waals surface area (Å²) in [6.45, 7) is 7.35. The highest BCUT2D eigenvalue weighted by Gasteiger charge is 2.31. The lowest BCUT2D eigenvalue weighted by atomic mass is 9.86. The molecule has 0 aromatic rings. The average Bonchev–Trinajstić information content (AvgIpc) is 2.23. The zero-order valence-corrected chi connectivity index (χ0v) is 9.75. The molecule has 1 atom stereocenters. The van der Waals surface area contributed by atoms with Crippen LogP contribution >= 0.6 is 0 Å². The maximum atomic E-state index is 10.7. The Kier molecular flexibility index (Phi) is 6.25. The lowest BCUT2D eigenvalue weighted by Crippen LogP contribution is -2.33. The molecule has 0 bridgehead atoms. The van der Waals surface area contributed by atoms with Crippen molar-refractivity contribution in [1.29, 1.82) is 0 Å². The van der Waals surface area contributed by atoms with Gasteiger partial charge in [0.25, 0.3) is 0 Å². The van der Waals surface area contributed by atoms with Crippen molar-refractivity contribution in [2.75, 3.05) is 0 Å². The van der Waals surface area contributed by atoms with Gasteiger partial charge < -0.3 is 10.2 Å². The highest BCUT2D eigenvalue weighted by molar-refractivity contribution is 5.88. The molecule has 0 amide bonds. The summed E-state index contributed by atoms with van der Waals surface area (Å²) in [6, 6.07) is 0. The Labute approximate surface area is 91.8 Å². The van der Waals surface area contributed by atoms with E-state index in [0.29, 0.717) is 12.8 Å². The third-order valence-corrected chi connectivity index (χ3v) is 2.85. The second kappa shape index (κ2) is 6.62. The minimum atomic E-state index is -1.22. The van der Waals surface area contributed by atoms with E-state index in [9.17, 15) is 9.90 Å². The number of aliphatic carboxylic acids is 1. The number of carboxylic acids is 1. The van der Waals surface area contributed by atoms with E-state index < -0.39 is 11.6 Å². The van der Waals surface area contributed by atoms with Crippen LogP contribution in [0.4, 0.5) is 0 Å². The lowest BCUT2D eigenvalue weighted by Gasteiger charge is -2.26. The number of aliphatic hydroxyl groups is 1. The van der Waals surface area contributed by atoms with Crippen molar-refractivity contribution >= 4 is 5.97 Å². The van der Waals surface area contributed by atoms with Crippen LogP contribution in [0.1, 0.15) is 52.4 Å². The Balaban J connectivity index is 4.19. The highest BCUT2D eigenvalue weighted by atomic mass is 16.4. The van der Waals surface area contributed by atoms with E-state index in [2.05, 4.69) is 13.5 Å². The van der Waals surface area contributed by atoms with Crippen LogP contribution < -0.4 is 0 Å². The molecule has 0 aliphatic rings. The van der Waals surface area contributed by atoms with E-state index in [-0.39, 0.29) is 5.57 Å². The van der Waals surface area contributed by atoms with Crippen LogP contribution in [0.15, 0.2) is 12.2 Å². The molecular formula is C12H22O3. The predicted molar refractivity (Wildman–Crippen MR) is 60.8 cm³/mol. The van der Waals surface area contributed by atoms with Gasteiger partial charge in [-0.05, 0) is 12.8 Å². The topological polar surface area (TPSA) is 57.5 Å². The summed E-state index contributed by atoms with van der Waals surface area (Å²) in [6.07, 6.45) is 5.04. The SMILES string of the molecule is C=C(C(=O)O)C(O)(CC)CCCCCC. The molecule has 0 saturated carbocycles. The first-order chi connectivity index (χ1) is 6.98. The fourth-order valence-electron chi connectivity index (χ4n) is 1.58. The van der Waals surface area contributed by atoms with Gasteiger partial charge in [-0.2, -0.15) is 0 Å². The summed E-state index contributed by atoms with van der Waals surface area (Å²) in [7, 11) is 0. The van der Waals surface area contributed by atoms with Crippen LogP contribution in [-0.4, -0.2) is 21.8 Å². The lowest BCUT2D eigenvalue weighted by molar-refractivity contribution is -0.135. The van der Waals surface area contributed by atoms with Crippen LogP contribution in [0.3, 0.4) is 0 Å². The molecule has 88 valence electrons. The summed E-state index contributed by atoms with van der Waals surface area (Å²) >= 11 is 0. The van der Waals surface area contributed by atoms with Gasteiger partial charge in [-0.3, -0.25) is 0 Å². The Morgan fingerprint density at radius 1 is 1.27 bits per heavy atom. The number of hydrogen-bond acceptors (Lipinski definition) is 2. The van der Waals surface area contributed by atoms with Gasteiger partial charge in [0, 0.05) is 0 Å².